The van der Waals surface area contributed by atoms with Crippen molar-refractivity contribution in [1.82, 2.24) is 0 Å². The van der Waals surface area contributed by atoms with Crippen LogP contribution >= 0.6 is 0 Å². The maximum Gasteiger partial charge on any atom is 0.240 e. The van der Waals surface area contributed by atoms with E-state index in [9.17, 15) is 0 Å². The van der Waals surface area contributed by atoms with E-state index in [-0.39, 0.29) is 0 Å². The molecular formula is C22H30OSi. The highest BCUT2D eigenvalue weighted by Gasteiger charge is 2.36. The Bertz CT molecular complexity index is 585. The first-order chi connectivity index (χ1) is 11.6. The summed E-state index contributed by atoms with van der Waals surface area (Å²) in [5.74, 6) is 0.720. The van der Waals surface area contributed by atoms with Crippen LogP contribution in [0.3, 0.4) is 0 Å². The van der Waals surface area contributed by atoms with Gasteiger partial charge in [0.05, 0.1) is 0 Å². The summed E-state index contributed by atoms with van der Waals surface area (Å²) in [6.45, 7) is 7.19. The molecule has 128 valence electrons. The van der Waals surface area contributed by atoms with Gasteiger partial charge < -0.3 is 4.43 Å². The van der Waals surface area contributed by atoms with Crippen LogP contribution in [-0.2, 0) is 4.43 Å². The lowest BCUT2D eigenvalue weighted by Crippen LogP contribution is -2.49. The van der Waals surface area contributed by atoms with Gasteiger partial charge in [0.1, 0.15) is 0 Å². The number of hydrogen-bond donors (Lipinski definition) is 0. The van der Waals surface area contributed by atoms with Gasteiger partial charge >= 0.3 is 0 Å². The number of hydrogen-bond acceptors (Lipinski definition) is 1. The van der Waals surface area contributed by atoms with E-state index in [1.54, 1.807) is 0 Å². The topological polar surface area (TPSA) is 9.23 Å². The van der Waals surface area contributed by atoms with Crippen molar-refractivity contribution in [1.29, 1.82) is 0 Å². The lowest BCUT2D eigenvalue weighted by molar-refractivity contribution is 0.0453. The Morgan fingerprint density at radius 2 is 1.50 bits per heavy atom. The molecule has 1 saturated carbocycles. The van der Waals surface area contributed by atoms with Crippen LogP contribution < -0.4 is 10.4 Å². The molecule has 0 spiro atoms. The fourth-order valence-electron chi connectivity index (χ4n) is 3.90. The van der Waals surface area contributed by atoms with Crippen molar-refractivity contribution in [2.45, 2.75) is 52.6 Å². The minimum absolute atomic E-state index is 0.406. The van der Waals surface area contributed by atoms with Crippen molar-refractivity contribution in [2.24, 2.45) is 11.3 Å². The second kappa shape index (κ2) is 7.67. The van der Waals surface area contributed by atoms with Gasteiger partial charge in [-0.25, -0.2) is 0 Å². The van der Waals surface area contributed by atoms with Gasteiger partial charge in [0.2, 0.25) is 9.04 Å². The Hall–Kier alpha value is -1.38. The van der Waals surface area contributed by atoms with Crippen LogP contribution in [0.4, 0.5) is 0 Å². The van der Waals surface area contributed by atoms with Crippen molar-refractivity contribution in [3.05, 3.63) is 60.7 Å². The summed E-state index contributed by atoms with van der Waals surface area (Å²) >= 11 is 0. The molecule has 0 radical (unpaired) electrons. The van der Waals surface area contributed by atoms with Crippen molar-refractivity contribution in [3.8, 4) is 0 Å². The summed E-state index contributed by atoms with van der Waals surface area (Å²) < 4.78 is 6.85. The van der Waals surface area contributed by atoms with E-state index in [1.165, 1.54) is 36.1 Å². The van der Waals surface area contributed by atoms with E-state index >= 15 is 0 Å². The van der Waals surface area contributed by atoms with Gasteiger partial charge in [-0.1, -0.05) is 87.9 Å². The molecule has 1 aliphatic rings. The van der Waals surface area contributed by atoms with Gasteiger partial charge in [-0.15, -0.1) is 0 Å². The van der Waals surface area contributed by atoms with E-state index in [0.29, 0.717) is 11.5 Å². The standard InChI is InChI=1S/C22H30OSi/c1-18(2)22(3)16-10-11-19(17-22)23-24(20-12-6-4-7-13-20)21-14-8-5-9-15-21/h4-9,12-15,18-19,24H,10-11,16-17H2,1-3H3. The average Bonchev–Trinajstić information content (AvgIpc) is 2.61. The monoisotopic (exact) mass is 338 g/mol. The molecule has 0 aromatic heterocycles. The minimum atomic E-state index is -1.61. The normalized spacial score (nSPS) is 24.5. The molecule has 0 saturated heterocycles. The quantitative estimate of drug-likeness (QED) is 0.744. The largest absolute Gasteiger partial charge is 0.408 e. The third kappa shape index (κ3) is 3.99. The summed E-state index contributed by atoms with van der Waals surface area (Å²) in [6.07, 6.45) is 5.46. The molecule has 0 amide bonds. The maximum atomic E-state index is 6.85. The van der Waals surface area contributed by atoms with Gasteiger partial charge in [-0.2, -0.15) is 0 Å². The summed E-state index contributed by atoms with van der Waals surface area (Å²) in [4.78, 5) is 0. The molecule has 1 nitrogen and oxygen atoms in total. The molecule has 0 bridgehead atoms. The molecule has 1 aliphatic carbocycles. The zero-order chi connectivity index (χ0) is 17.0. The highest BCUT2D eigenvalue weighted by molar-refractivity contribution is 6.80. The Morgan fingerprint density at radius 1 is 0.958 bits per heavy atom. The predicted octanol–water partition coefficient (Wildman–Crippen LogP) is 4.15. The molecule has 3 rings (SSSR count). The van der Waals surface area contributed by atoms with Crippen molar-refractivity contribution >= 4 is 19.4 Å². The Balaban J connectivity index is 1.82. The molecule has 24 heavy (non-hydrogen) atoms. The smallest absolute Gasteiger partial charge is 0.240 e. The maximum absolute atomic E-state index is 6.85. The number of benzene rings is 2. The van der Waals surface area contributed by atoms with Gasteiger partial charge in [0.15, 0.2) is 0 Å². The first-order valence-corrected chi connectivity index (χ1v) is 11.0. The van der Waals surface area contributed by atoms with Crippen molar-refractivity contribution in [3.63, 3.8) is 0 Å². The van der Waals surface area contributed by atoms with E-state index in [4.69, 9.17) is 4.43 Å². The molecule has 2 aromatic carbocycles. The van der Waals surface area contributed by atoms with Crippen LogP contribution in [0, 0.1) is 11.3 Å². The highest BCUT2D eigenvalue weighted by Crippen LogP contribution is 2.42. The van der Waals surface area contributed by atoms with Crippen LogP contribution in [0.25, 0.3) is 0 Å². The van der Waals surface area contributed by atoms with Crippen LogP contribution in [0.2, 0.25) is 0 Å². The molecular weight excluding hydrogens is 308 g/mol. The van der Waals surface area contributed by atoms with Gasteiger partial charge in [-0.05, 0) is 41.0 Å². The predicted molar refractivity (Wildman–Crippen MR) is 106 cm³/mol. The second-order valence-corrected chi connectivity index (χ2v) is 10.2. The van der Waals surface area contributed by atoms with Gasteiger partial charge in [-0.3, -0.25) is 0 Å². The average molecular weight is 339 g/mol. The van der Waals surface area contributed by atoms with Crippen molar-refractivity contribution in [2.75, 3.05) is 0 Å². The van der Waals surface area contributed by atoms with E-state index in [1.807, 2.05) is 0 Å². The molecule has 0 N–H and O–H groups in total. The zero-order valence-electron chi connectivity index (χ0n) is 15.2. The summed E-state index contributed by atoms with van der Waals surface area (Å²) in [5.41, 5.74) is 0.426. The number of rotatable bonds is 5. The molecule has 2 aromatic rings. The summed E-state index contributed by atoms with van der Waals surface area (Å²) in [7, 11) is -1.61. The molecule has 2 heteroatoms. The van der Waals surface area contributed by atoms with Gasteiger partial charge in [0, 0.05) is 6.10 Å². The Kier molecular flexibility index (Phi) is 5.57. The first kappa shape index (κ1) is 17.4. The Morgan fingerprint density at radius 3 is 2.00 bits per heavy atom. The fourth-order valence-corrected chi connectivity index (χ4v) is 6.36. The van der Waals surface area contributed by atoms with Crippen molar-refractivity contribution < 1.29 is 4.43 Å². The van der Waals surface area contributed by atoms with Crippen LogP contribution in [0.5, 0.6) is 0 Å². The first-order valence-electron chi connectivity index (χ1n) is 9.34. The summed E-state index contributed by atoms with van der Waals surface area (Å²) in [6, 6.07) is 21.7. The SMILES string of the molecule is CC(C)C1(C)CCCC(O[SiH](c2ccccc2)c2ccccc2)C1. The molecule has 2 atom stereocenters. The zero-order valence-corrected chi connectivity index (χ0v) is 16.4. The molecule has 0 heterocycles. The van der Waals surface area contributed by atoms with Crippen LogP contribution in [0.15, 0.2) is 60.7 Å². The Labute approximate surface area is 148 Å². The van der Waals surface area contributed by atoms with E-state index < -0.39 is 9.04 Å². The summed E-state index contributed by atoms with van der Waals surface area (Å²) in [5, 5.41) is 2.78. The fraction of sp³-hybridized carbons (Fsp3) is 0.455. The third-order valence-corrected chi connectivity index (χ3v) is 8.53. The van der Waals surface area contributed by atoms with Crippen LogP contribution in [0.1, 0.15) is 46.5 Å². The van der Waals surface area contributed by atoms with Crippen LogP contribution in [-0.4, -0.2) is 15.1 Å². The molecule has 1 fully saturated rings. The third-order valence-electron chi connectivity index (χ3n) is 5.89. The minimum Gasteiger partial charge on any atom is -0.408 e. The van der Waals surface area contributed by atoms with Gasteiger partial charge in [0.25, 0.3) is 0 Å². The second-order valence-electron chi connectivity index (χ2n) is 7.86. The lowest BCUT2D eigenvalue weighted by Gasteiger charge is -2.42. The highest BCUT2D eigenvalue weighted by atomic mass is 28.3. The lowest BCUT2D eigenvalue weighted by atomic mass is 9.68. The molecule has 2 unspecified atom stereocenters. The van der Waals surface area contributed by atoms with E-state index in [0.717, 1.165) is 5.92 Å². The van der Waals surface area contributed by atoms with E-state index in [2.05, 4.69) is 81.4 Å². The molecule has 0 aliphatic heterocycles.